The zero-order valence-corrected chi connectivity index (χ0v) is 19.6. The van der Waals surface area contributed by atoms with Crippen molar-refractivity contribution in [3.05, 3.63) is 66.4 Å². The summed E-state index contributed by atoms with van der Waals surface area (Å²) in [5.41, 5.74) is 3.69. The number of thioether (sulfide) groups is 1. The van der Waals surface area contributed by atoms with Gasteiger partial charge < -0.3 is 14.4 Å². The van der Waals surface area contributed by atoms with E-state index in [1.165, 1.54) is 0 Å². The Morgan fingerprint density at radius 2 is 1.91 bits per heavy atom. The van der Waals surface area contributed by atoms with E-state index in [0.29, 0.717) is 31.7 Å². The van der Waals surface area contributed by atoms with Crippen molar-refractivity contribution in [2.24, 2.45) is 0 Å². The number of amides is 1. The van der Waals surface area contributed by atoms with Gasteiger partial charge in [-0.1, -0.05) is 18.2 Å². The molecule has 2 aromatic carbocycles. The van der Waals surface area contributed by atoms with Crippen LogP contribution in [0.15, 0.2) is 60.8 Å². The van der Waals surface area contributed by atoms with Gasteiger partial charge in [-0.15, -0.1) is 11.8 Å². The number of esters is 1. The van der Waals surface area contributed by atoms with Crippen LogP contribution in [-0.2, 0) is 14.3 Å². The average molecular weight is 466 g/mol. The number of carbonyl (C=O) groups is 2. The molecule has 8 heteroatoms. The van der Waals surface area contributed by atoms with Crippen molar-refractivity contribution in [3.8, 4) is 22.7 Å². The molecule has 1 saturated heterocycles. The number of aromatic nitrogens is 2. The van der Waals surface area contributed by atoms with Gasteiger partial charge in [0.25, 0.3) is 0 Å². The first-order valence-corrected chi connectivity index (χ1v) is 12.0. The second-order valence-electron chi connectivity index (χ2n) is 7.60. The number of rotatable bonds is 9. The van der Waals surface area contributed by atoms with Crippen LogP contribution in [0.5, 0.6) is 5.75 Å². The summed E-state index contributed by atoms with van der Waals surface area (Å²) in [6.07, 6.45) is 2.86. The highest BCUT2D eigenvalue weighted by molar-refractivity contribution is 8.00. The van der Waals surface area contributed by atoms with E-state index in [1.807, 2.05) is 70.4 Å². The molecule has 1 atom stereocenters. The number of hydrogen-bond acceptors (Lipinski definition) is 6. The van der Waals surface area contributed by atoms with Crippen LogP contribution in [0.4, 0.5) is 0 Å². The molecule has 1 aliphatic heterocycles. The first kappa shape index (κ1) is 22.9. The van der Waals surface area contributed by atoms with Crippen LogP contribution in [0, 0.1) is 0 Å². The Kier molecular flexibility index (Phi) is 7.34. The average Bonchev–Trinajstić information content (AvgIpc) is 3.44. The zero-order valence-electron chi connectivity index (χ0n) is 18.8. The minimum absolute atomic E-state index is 0.0713. The van der Waals surface area contributed by atoms with Gasteiger partial charge in [-0.25, -0.2) is 4.68 Å². The molecule has 3 aromatic rings. The van der Waals surface area contributed by atoms with E-state index in [9.17, 15) is 9.59 Å². The number of para-hydroxylation sites is 1. The summed E-state index contributed by atoms with van der Waals surface area (Å²) in [5, 5.41) is 4.72. The molecule has 0 spiro atoms. The van der Waals surface area contributed by atoms with Gasteiger partial charge in [0.15, 0.2) is 0 Å². The van der Waals surface area contributed by atoms with E-state index in [4.69, 9.17) is 14.6 Å². The highest BCUT2D eigenvalue weighted by Crippen LogP contribution is 2.43. The van der Waals surface area contributed by atoms with Crippen molar-refractivity contribution >= 4 is 23.6 Å². The number of ether oxygens (including phenoxy) is 2. The maximum absolute atomic E-state index is 12.7. The predicted molar refractivity (Wildman–Crippen MR) is 128 cm³/mol. The maximum Gasteiger partial charge on any atom is 0.305 e. The van der Waals surface area contributed by atoms with Crippen LogP contribution >= 0.6 is 11.8 Å². The first-order chi connectivity index (χ1) is 16.1. The molecule has 1 fully saturated rings. The molecular weight excluding hydrogens is 438 g/mol. The summed E-state index contributed by atoms with van der Waals surface area (Å²) in [6.45, 7) is 2.65. The van der Waals surface area contributed by atoms with Gasteiger partial charge in [0.05, 0.1) is 30.9 Å². The molecular formula is C25H27N3O4S. The Hall–Kier alpha value is -3.26. The lowest BCUT2D eigenvalue weighted by Crippen LogP contribution is -2.29. The van der Waals surface area contributed by atoms with Crippen molar-refractivity contribution in [1.82, 2.24) is 14.7 Å². The summed E-state index contributed by atoms with van der Waals surface area (Å²) in [4.78, 5) is 26.3. The molecule has 0 N–H and O–H groups in total. The third-order valence-corrected chi connectivity index (χ3v) is 6.68. The summed E-state index contributed by atoms with van der Waals surface area (Å²) in [5.74, 6) is 1.02. The number of carbonyl (C=O) groups excluding carboxylic acids is 2. The molecule has 1 aliphatic rings. The smallest absolute Gasteiger partial charge is 0.305 e. The van der Waals surface area contributed by atoms with Crippen molar-refractivity contribution in [2.75, 3.05) is 26.0 Å². The van der Waals surface area contributed by atoms with Gasteiger partial charge in [-0.05, 0) is 49.7 Å². The largest absolute Gasteiger partial charge is 0.497 e. The van der Waals surface area contributed by atoms with Crippen LogP contribution in [0.1, 0.15) is 30.7 Å². The molecule has 1 aromatic heterocycles. The molecule has 0 saturated carbocycles. The zero-order chi connectivity index (χ0) is 23.2. The molecule has 7 nitrogen and oxygen atoms in total. The van der Waals surface area contributed by atoms with Gasteiger partial charge in [0, 0.05) is 30.3 Å². The number of methoxy groups -OCH3 is 1. The second-order valence-corrected chi connectivity index (χ2v) is 8.67. The normalized spacial score (nSPS) is 15.6. The molecule has 33 heavy (non-hydrogen) atoms. The lowest BCUT2D eigenvalue weighted by molar-refractivity contribution is -0.143. The van der Waals surface area contributed by atoms with Gasteiger partial charge in [-0.2, -0.15) is 5.10 Å². The number of benzene rings is 2. The number of hydrogen-bond donors (Lipinski definition) is 0. The molecule has 4 rings (SSSR count). The molecule has 1 unspecified atom stereocenters. The monoisotopic (exact) mass is 465 g/mol. The lowest BCUT2D eigenvalue weighted by atomic mass is 10.1. The highest BCUT2D eigenvalue weighted by atomic mass is 32.2. The third-order valence-electron chi connectivity index (χ3n) is 5.45. The minimum Gasteiger partial charge on any atom is -0.497 e. The maximum atomic E-state index is 12.7. The molecule has 0 aliphatic carbocycles. The Balaban J connectivity index is 1.66. The minimum atomic E-state index is -0.232. The van der Waals surface area contributed by atoms with Crippen LogP contribution in [0.25, 0.3) is 16.9 Å². The summed E-state index contributed by atoms with van der Waals surface area (Å²) in [7, 11) is 1.64. The van der Waals surface area contributed by atoms with Crippen molar-refractivity contribution in [1.29, 1.82) is 0 Å². The van der Waals surface area contributed by atoms with Crippen molar-refractivity contribution < 1.29 is 19.1 Å². The van der Waals surface area contributed by atoms with Gasteiger partial charge >= 0.3 is 5.97 Å². The van der Waals surface area contributed by atoms with Crippen LogP contribution in [-0.4, -0.2) is 52.6 Å². The number of nitrogens with zero attached hydrogens (tertiary/aromatic N) is 3. The molecule has 0 radical (unpaired) electrons. The van der Waals surface area contributed by atoms with E-state index in [1.54, 1.807) is 25.8 Å². The van der Waals surface area contributed by atoms with E-state index in [2.05, 4.69) is 0 Å². The molecule has 0 bridgehead atoms. The standard InChI is InChI=1S/C25H27N3O4S/c1-3-32-23(30)10-7-15-27-22(29)17-33-25(27)21-16-28(19-8-5-4-6-9-19)26-24(21)18-11-13-20(31-2)14-12-18/h4-6,8-9,11-14,16,25H,3,7,10,15,17H2,1-2H3. The fraction of sp³-hybridized carbons (Fsp3) is 0.320. The van der Waals surface area contributed by atoms with E-state index in [0.717, 1.165) is 28.3 Å². The van der Waals surface area contributed by atoms with Crippen molar-refractivity contribution in [2.45, 2.75) is 25.1 Å². The Morgan fingerprint density at radius 1 is 1.15 bits per heavy atom. The summed E-state index contributed by atoms with van der Waals surface area (Å²) in [6, 6.07) is 17.7. The van der Waals surface area contributed by atoms with Crippen molar-refractivity contribution in [3.63, 3.8) is 0 Å². The topological polar surface area (TPSA) is 73.7 Å². The Bertz CT molecular complexity index is 1100. The van der Waals surface area contributed by atoms with Gasteiger partial charge in [0.2, 0.25) is 5.91 Å². The second kappa shape index (κ2) is 10.6. The summed E-state index contributed by atoms with van der Waals surface area (Å²) >= 11 is 1.59. The predicted octanol–water partition coefficient (Wildman–Crippen LogP) is 4.47. The highest BCUT2D eigenvalue weighted by Gasteiger charge is 2.35. The first-order valence-electron chi connectivity index (χ1n) is 11.0. The molecule has 1 amide bonds. The van der Waals surface area contributed by atoms with Gasteiger partial charge in [-0.3, -0.25) is 9.59 Å². The van der Waals surface area contributed by atoms with Crippen LogP contribution in [0.3, 0.4) is 0 Å². The Morgan fingerprint density at radius 3 is 2.61 bits per heavy atom. The molecule has 2 heterocycles. The fourth-order valence-electron chi connectivity index (χ4n) is 3.83. The third kappa shape index (κ3) is 5.22. The quantitative estimate of drug-likeness (QED) is 0.434. The van der Waals surface area contributed by atoms with E-state index >= 15 is 0 Å². The lowest BCUT2D eigenvalue weighted by Gasteiger charge is -2.24. The van der Waals surface area contributed by atoms with E-state index < -0.39 is 0 Å². The Labute approximate surface area is 197 Å². The van der Waals surface area contributed by atoms with Gasteiger partial charge in [0.1, 0.15) is 11.1 Å². The molecule has 172 valence electrons. The van der Waals surface area contributed by atoms with Crippen LogP contribution in [0.2, 0.25) is 0 Å². The fourth-order valence-corrected chi connectivity index (χ4v) is 5.06. The summed E-state index contributed by atoms with van der Waals surface area (Å²) < 4.78 is 12.2. The van der Waals surface area contributed by atoms with Crippen LogP contribution < -0.4 is 4.74 Å². The van der Waals surface area contributed by atoms with E-state index in [-0.39, 0.29) is 17.3 Å². The SMILES string of the molecule is CCOC(=O)CCCN1C(=O)CSC1c1cn(-c2ccccc2)nc1-c1ccc(OC)cc1.